The van der Waals surface area contributed by atoms with Crippen molar-refractivity contribution in [3.63, 3.8) is 0 Å². The smallest absolute Gasteiger partial charge is 0.231 e. The lowest BCUT2D eigenvalue weighted by atomic mass is 10.1. The number of anilines is 3. The Morgan fingerprint density at radius 2 is 1.82 bits per heavy atom. The summed E-state index contributed by atoms with van der Waals surface area (Å²) in [7, 11) is 1.74. The zero-order valence-corrected chi connectivity index (χ0v) is 15.3. The Hall–Kier alpha value is -3.68. The van der Waals surface area contributed by atoms with E-state index >= 15 is 0 Å². The average molecular weight is 379 g/mol. The van der Waals surface area contributed by atoms with Gasteiger partial charge in [-0.15, -0.1) is 0 Å². The molecule has 28 heavy (non-hydrogen) atoms. The summed E-state index contributed by atoms with van der Waals surface area (Å²) >= 11 is 0. The number of halogens is 1. The molecule has 0 atom stereocenters. The van der Waals surface area contributed by atoms with Crippen molar-refractivity contribution in [2.24, 2.45) is 0 Å². The minimum Gasteiger partial charge on any atom is -0.454 e. The van der Waals surface area contributed by atoms with Gasteiger partial charge in [0.05, 0.1) is 5.71 Å². The Kier molecular flexibility index (Phi) is 4.52. The van der Waals surface area contributed by atoms with Gasteiger partial charge in [0.15, 0.2) is 23.1 Å². The van der Waals surface area contributed by atoms with Crippen molar-refractivity contribution in [1.82, 2.24) is 9.97 Å². The molecule has 2 heterocycles. The van der Waals surface area contributed by atoms with E-state index in [9.17, 15) is 4.39 Å². The molecule has 8 heteroatoms. The molecule has 1 aromatic heterocycles. The molecule has 142 valence electrons. The Balaban J connectivity index is 1.80. The van der Waals surface area contributed by atoms with Crippen LogP contribution in [0.4, 0.5) is 21.6 Å². The van der Waals surface area contributed by atoms with E-state index in [4.69, 9.17) is 14.9 Å². The second-order valence-electron chi connectivity index (χ2n) is 6.19. The van der Waals surface area contributed by atoms with Gasteiger partial charge in [-0.05, 0) is 43.3 Å². The monoisotopic (exact) mass is 379 g/mol. The molecule has 0 fully saturated rings. The third-order valence-electron chi connectivity index (χ3n) is 4.25. The number of nitrogens with one attached hydrogen (secondary N) is 3. The van der Waals surface area contributed by atoms with Crippen LogP contribution in [0.3, 0.4) is 0 Å². The number of fused-ring (bicyclic) bond motifs is 1. The molecule has 0 bridgehead atoms. The highest BCUT2D eigenvalue weighted by molar-refractivity contribution is 6.02. The Bertz CT molecular complexity index is 1050. The normalized spacial score (nSPS) is 12.0. The van der Waals surface area contributed by atoms with Crippen LogP contribution in [0, 0.1) is 11.2 Å². The summed E-state index contributed by atoms with van der Waals surface area (Å²) in [5, 5.41) is 14.4. The Morgan fingerprint density at radius 3 is 2.54 bits per heavy atom. The van der Waals surface area contributed by atoms with E-state index in [1.807, 2.05) is 18.2 Å². The summed E-state index contributed by atoms with van der Waals surface area (Å²) in [5.74, 6) is 1.89. The number of nitrogens with zero attached hydrogens (tertiary/aromatic N) is 2. The van der Waals surface area contributed by atoms with Crippen LogP contribution in [0.2, 0.25) is 0 Å². The van der Waals surface area contributed by atoms with E-state index in [-0.39, 0.29) is 18.3 Å². The predicted molar refractivity (Wildman–Crippen MR) is 105 cm³/mol. The molecule has 0 amide bonds. The molecule has 0 aliphatic carbocycles. The molecule has 1 aliphatic rings. The molecular weight excluding hydrogens is 361 g/mol. The van der Waals surface area contributed by atoms with Crippen LogP contribution < -0.4 is 20.1 Å². The summed E-state index contributed by atoms with van der Waals surface area (Å²) in [6.45, 7) is 1.85. The van der Waals surface area contributed by atoms with E-state index in [1.54, 1.807) is 26.1 Å². The van der Waals surface area contributed by atoms with Crippen molar-refractivity contribution < 1.29 is 13.9 Å². The molecule has 0 radical (unpaired) electrons. The molecule has 7 nitrogen and oxygen atoms in total. The van der Waals surface area contributed by atoms with E-state index in [1.165, 1.54) is 12.1 Å². The lowest BCUT2D eigenvalue weighted by Crippen LogP contribution is -2.10. The fraction of sp³-hybridized carbons (Fsp3) is 0.150. The van der Waals surface area contributed by atoms with Gasteiger partial charge in [-0.3, -0.25) is 0 Å². The van der Waals surface area contributed by atoms with Gasteiger partial charge in [0.1, 0.15) is 17.2 Å². The largest absolute Gasteiger partial charge is 0.454 e. The Morgan fingerprint density at radius 1 is 1.07 bits per heavy atom. The van der Waals surface area contributed by atoms with Crippen molar-refractivity contribution in [3.8, 4) is 22.9 Å². The van der Waals surface area contributed by atoms with Gasteiger partial charge >= 0.3 is 0 Å². The van der Waals surface area contributed by atoms with Crippen molar-refractivity contribution in [2.75, 3.05) is 24.5 Å². The highest BCUT2D eigenvalue weighted by Crippen LogP contribution is 2.36. The molecular formula is C20H18FN5O2. The van der Waals surface area contributed by atoms with Gasteiger partial charge in [-0.25, -0.2) is 14.4 Å². The summed E-state index contributed by atoms with van der Waals surface area (Å²) in [6.07, 6.45) is 0. The molecule has 4 rings (SSSR count). The number of benzene rings is 2. The fourth-order valence-electron chi connectivity index (χ4n) is 2.90. The second kappa shape index (κ2) is 7.15. The van der Waals surface area contributed by atoms with Crippen LogP contribution in [0.15, 0.2) is 42.5 Å². The summed E-state index contributed by atoms with van der Waals surface area (Å²) in [5.41, 5.74) is 2.73. The lowest BCUT2D eigenvalue weighted by molar-refractivity contribution is 0.174. The fourth-order valence-corrected chi connectivity index (χ4v) is 2.90. The minimum absolute atomic E-state index is 0.194. The summed E-state index contributed by atoms with van der Waals surface area (Å²) < 4.78 is 24.0. The number of aromatic nitrogens is 2. The van der Waals surface area contributed by atoms with Gasteiger partial charge in [0.2, 0.25) is 6.79 Å². The van der Waals surface area contributed by atoms with Crippen LogP contribution in [-0.2, 0) is 0 Å². The highest BCUT2D eigenvalue weighted by atomic mass is 19.1. The van der Waals surface area contributed by atoms with Gasteiger partial charge in [-0.2, -0.15) is 0 Å². The third-order valence-corrected chi connectivity index (χ3v) is 4.25. The van der Waals surface area contributed by atoms with E-state index in [0.717, 1.165) is 5.69 Å². The van der Waals surface area contributed by atoms with Gasteiger partial charge in [-0.1, -0.05) is 0 Å². The van der Waals surface area contributed by atoms with Crippen molar-refractivity contribution >= 4 is 22.9 Å². The minimum atomic E-state index is -0.335. The highest BCUT2D eigenvalue weighted by Gasteiger charge is 2.18. The van der Waals surface area contributed by atoms with Crippen LogP contribution in [-0.4, -0.2) is 29.5 Å². The first-order valence-electron chi connectivity index (χ1n) is 8.63. The molecule has 0 saturated carbocycles. The zero-order chi connectivity index (χ0) is 19.7. The predicted octanol–water partition coefficient (Wildman–Crippen LogP) is 4.18. The van der Waals surface area contributed by atoms with Gasteiger partial charge in [0, 0.05) is 24.4 Å². The maximum atomic E-state index is 13.3. The van der Waals surface area contributed by atoms with Crippen molar-refractivity contribution in [3.05, 3.63) is 54.0 Å². The number of ether oxygens (including phenoxy) is 2. The molecule has 0 spiro atoms. The van der Waals surface area contributed by atoms with Crippen molar-refractivity contribution in [1.29, 1.82) is 5.41 Å². The average Bonchev–Trinajstić information content (AvgIpc) is 3.15. The van der Waals surface area contributed by atoms with Crippen LogP contribution in [0.1, 0.15) is 12.6 Å². The molecule has 1 aliphatic heterocycles. The summed E-state index contributed by atoms with van der Waals surface area (Å²) in [4.78, 5) is 9.10. The molecule has 2 aromatic carbocycles. The first-order valence-corrected chi connectivity index (χ1v) is 8.63. The van der Waals surface area contributed by atoms with E-state index < -0.39 is 0 Å². The van der Waals surface area contributed by atoms with Crippen LogP contribution >= 0.6 is 0 Å². The van der Waals surface area contributed by atoms with Gasteiger partial charge < -0.3 is 25.5 Å². The maximum Gasteiger partial charge on any atom is 0.231 e. The number of hydrogen-bond acceptors (Lipinski definition) is 7. The Labute approximate surface area is 161 Å². The molecule has 3 N–H and O–H groups in total. The zero-order valence-electron chi connectivity index (χ0n) is 15.3. The van der Waals surface area contributed by atoms with Crippen molar-refractivity contribution in [2.45, 2.75) is 6.92 Å². The topological polar surface area (TPSA) is 92.2 Å². The van der Waals surface area contributed by atoms with E-state index in [0.29, 0.717) is 40.1 Å². The SMILES string of the molecule is CNc1c(Nc2ccc3c(c2)OCO3)nc(-c2ccc(F)cc2)nc1C(C)=N. The maximum absolute atomic E-state index is 13.3. The van der Waals surface area contributed by atoms with Crippen LogP contribution in [0.25, 0.3) is 11.4 Å². The second-order valence-corrected chi connectivity index (χ2v) is 6.19. The molecule has 0 saturated heterocycles. The molecule has 0 unspecified atom stereocenters. The first kappa shape index (κ1) is 17.7. The van der Waals surface area contributed by atoms with Gasteiger partial charge in [0.25, 0.3) is 0 Å². The first-order chi connectivity index (χ1) is 13.5. The van der Waals surface area contributed by atoms with Crippen LogP contribution in [0.5, 0.6) is 11.5 Å². The third kappa shape index (κ3) is 3.32. The van der Waals surface area contributed by atoms with E-state index in [2.05, 4.69) is 20.6 Å². The quantitative estimate of drug-likeness (QED) is 0.576. The summed E-state index contributed by atoms with van der Waals surface area (Å²) in [6, 6.07) is 11.4. The molecule has 3 aromatic rings. The standard InChI is InChI=1S/C20H18FN5O2/c1-11(22)17-18(23-2)20(24-14-7-8-15-16(9-14)28-10-27-15)26-19(25-17)12-3-5-13(21)6-4-12/h3-9,22-23H,10H2,1-2H3,(H,24,25,26). The number of rotatable bonds is 5. The lowest BCUT2D eigenvalue weighted by Gasteiger charge is -2.16. The number of hydrogen-bond donors (Lipinski definition) is 3.